The summed E-state index contributed by atoms with van der Waals surface area (Å²) in [6.07, 6.45) is 0. The number of hydrogen-bond acceptors (Lipinski definition) is 9. The first-order chi connectivity index (χ1) is 18.8. The Hall–Kier alpha value is -3.98. The molecule has 0 fully saturated rings. The van der Waals surface area contributed by atoms with E-state index in [4.69, 9.17) is 8.83 Å². The van der Waals surface area contributed by atoms with Crippen molar-refractivity contribution in [1.29, 1.82) is 0 Å². The average molecular weight is 732 g/mol. The predicted molar refractivity (Wildman–Crippen MR) is 146 cm³/mol. The monoisotopic (exact) mass is 731 g/mol. The molecule has 0 aliphatic heterocycles. The standard InChI is InChI=1S/C29H28N8O3.Pt/c1-15-30-24(34-36(15)19-13-9-11-17-22(19)39-26(32-17)28(3,4)5)21(38)25-31-16(2)37(35-25)20-14-10-12-18-23(20)40-27(33-18)29(6,7)8;/h9-12H,1-8H3;/q-2;+2. The van der Waals surface area contributed by atoms with Crippen LogP contribution in [0.1, 0.15) is 81.4 Å². The Morgan fingerprint density at radius 3 is 1.46 bits per heavy atom. The molecule has 0 saturated carbocycles. The van der Waals surface area contributed by atoms with Crippen LogP contribution in [0.4, 0.5) is 0 Å². The third-order valence-corrected chi connectivity index (χ3v) is 6.31. The van der Waals surface area contributed by atoms with Gasteiger partial charge in [-0.2, -0.15) is 24.3 Å². The van der Waals surface area contributed by atoms with Gasteiger partial charge in [-0.05, 0) is 25.2 Å². The molecular weight excluding hydrogens is 703 g/mol. The molecule has 0 aliphatic carbocycles. The van der Waals surface area contributed by atoms with Crippen LogP contribution in [0.2, 0.25) is 0 Å². The van der Waals surface area contributed by atoms with Crippen molar-refractivity contribution in [1.82, 2.24) is 39.5 Å². The maximum atomic E-state index is 13.5. The van der Waals surface area contributed by atoms with Crippen LogP contribution < -0.4 is 0 Å². The first kappa shape index (κ1) is 28.5. The molecule has 0 saturated heterocycles. The molecule has 2 aromatic carbocycles. The average Bonchev–Trinajstić information content (AvgIpc) is 3.66. The van der Waals surface area contributed by atoms with Crippen LogP contribution in [0, 0.1) is 26.0 Å². The van der Waals surface area contributed by atoms with E-state index in [1.807, 2.05) is 53.7 Å². The van der Waals surface area contributed by atoms with Crippen LogP contribution in [-0.4, -0.2) is 45.3 Å². The molecule has 12 heteroatoms. The molecule has 0 atom stereocenters. The van der Waals surface area contributed by atoms with Crippen molar-refractivity contribution in [2.24, 2.45) is 0 Å². The number of carbonyl (C=O) groups excluding carboxylic acids is 1. The molecule has 41 heavy (non-hydrogen) atoms. The van der Waals surface area contributed by atoms with E-state index in [0.717, 1.165) is 0 Å². The van der Waals surface area contributed by atoms with Crippen molar-refractivity contribution >= 4 is 28.0 Å². The molecule has 0 radical (unpaired) electrons. The zero-order valence-electron chi connectivity index (χ0n) is 23.9. The SMILES string of the molecule is Cc1nc(C(=O)c2nc(C)n(-c3[c-]ccc4nc(C(C)(C)C)oc34)n2)nn1-c1[c-]ccc2nc(C(C)(C)C)oc12.[Pt+2]. The van der Waals surface area contributed by atoms with Gasteiger partial charge < -0.3 is 8.83 Å². The molecule has 6 aromatic rings. The van der Waals surface area contributed by atoms with Crippen LogP contribution in [0.25, 0.3) is 33.6 Å². The topological polar surface area (TPSA) is 131 Å². The van der Waals surface area contributed by atoms with Gasteiger partial charge in [-0.25, -0.2) is 29.3 Å². The Kier molecular flexibility index (Phi) is 6.85. The third kappa shape index (κ3) is 4.92. The number of aromatic nitrogens is 8. The predicted octanol–water partition coefficient (Wildman–Crippen LogP) is 5.17. The minimum absolute atomic E-state index is 0. The number of rotatable bonds is 4. The third-order valence-electron chi connectivity index (χ3n) is 6.31. The van der Waals surface area contributed by atoms with Gasteiger partial charge in [-0.3, -0.25) is 4.79 Å². The molecule has 4 heterocycles. The van der Waals surface area contributed by atoms with Crippen LogP contribution in [0.5, 0.6) is 0 Å². The second-order valence-corrected chi connectivity index (χ2v) is 11.7. The minimum Gasteiger partial charge on any atom is -0.501 e. The number of fused-ring (bicyclic) bond motifs is 2. The van der Waals surface area contributed by atoms with E-state index in [0.29, 0.717) is 57.0 Å². The zero-order valence-corrected chi connectivity index (χ0v) is 26.2. The molecule has 212 valence electrons. The number of oxazole rings is 2. The number of ketones is 1. The molecule has 0 aliphatic rings. The molecular formula is C29H28N8O3Pt. The largest absolute Gasteiger partial charge is 2.00 e. The summed E-state index contributed by atoms with van der Waals surface area (Å²) in [6.45, 7) is 15.7. The Morgan fingerprint density at radius 2 is 1.10 bits per heavy atom. The maximum absolute atomic E-state index is 13.5. The van der Waals surface area contributed by atoms with Gasteiger partial charge in [0.15, 0.2) is 11.8 Å². The molecule has 0 unspecified atom stereocenters. The number of aryl methyl sites for hydroxylation is 2. The van der Waals surface area contributed by atoms with Gasteiger partial charge >= 0.3 is 21.1 Å². The number of hydrogen-bond donors (Lipinski definition) is 0. The van der Waals surface area contributed by atoms with E-state index in [1.165, 1.54) is 9.36 Å². The fraction of sp³-hybridized carbons (Fsp3) is 0.345. The van der Waals surface area contributed by atoms with Crippen LogP contribution in [0.3, 0.4) is 0 Å². The summed E-state index contributed by atoms with van der Waals surface area (Å²) in [5.41, 5.74) is 2.85. The summed E-state index contributed by atoms with van der Waals surface area (Å²) in [5, 5.41) is 8.96. The van der Waals surface area contributed by atoms with Crippen LogP contribution >= 0.6 is 0 Å². The van der Waals surface area contributed by atoms with E-state index >= 15 is 0 Å². The smallest absolute Gasteiger partial charge is 0.501 e. The van der Waals surface area contributed by atoms with Gasteiger partial charge in [0.05, 0.1) is 11.2 Å². The van der Waals surface area contributed by atoms with Gasteiger partial charge in [0.2, 0.25) is 11.6 Å². The molecule has 6 rings (SSSR count). The number of carbonyl (C=O) groups is 1. The zero-order chi connectivity index (χ0) is 28.6. The second-order valence-electron chi connectivity index (χ2n) is 11.7. The fourth-order valence-corrected chi connectivity index (χ4v) is 4.21. The van der Waals surface area contributed by atoms with Crippen LogP contribution in [-0.2, 0) is 31.9 Å². The van der Waals surface area contributed by atoms with Crippen molar-refractivity contribution in [3.05, 3.63) is 71.5 Å². The van der Waals surface area contributed by atoms with E-state index in [1.54, 1.807) is 26.0 Å². The van der Waals surface area contributed by atoms with Crippen molar-refractivity contribution in [3.8, 4) is 11.4 Å². The first-order valence-corrected chi connectivity index (χ1v) is 12.9. The summed E-state index contributed by atoms with van der Waals surface area (Å²) < 4.78 is 15.2. The summed E-state index contributed by atoms with van der Waals surface area (Å²) in [6, 6.07) is 13.4. The Bertz CT molecular complexity index is 1790. The molecule has 0 amide bonds. The minimum atomic E-state index is -0.524. The van der Waals surface area contributed by atoms with Gasteiger partial charge in [0.25, 0.3) is 5.78 Å². The Labute approximate surface area is 250 Å². The summed E-state index contributed by atoms with van der Waals surface area (Å²) in [4.78, 5) is 31.5. The Balaban J connectivity index is 0.00000337. The van der Waals surface area contributed by atoms with Crippen molar-refractivity contribution < 1.29 is 34.7 Å². The van der Waals surface area contributed by atoms with Crippen molar-refractivity contribution in [2.45, 2.75) is 66.2 Å². The number of nitrogens with zero attached hydrogens (tertiary/aromatic N) is 8. The maximum Gasteiger partial charge on any atom is 2.00 e. The van der Waals surface area contributed by atoms with E-state index in [2.05, 4.69) is 42.3 Å². The molecule has 4 aromatic heterocycles. The summed E-state index contributed by atoms with van der Waals surface area (Å²) in [5.74, 6) is 1.52. The van der Waals surface area contributed by atoms with Gasteiger partial charge in [0.1, 0.15) is 11.6 Å². The quantitative estimate of drug-likeness (QED) is 0.178. The van der Waals surface area contributed by atoms with Crippen molar-refractivity contribution in [3.63, 3.8) is 0 Å². The van der Waals surface area contributed by atoms with Gasteiger partial charge in [0, 0.05) is 21.9 Å². The van der Waals surface area contributed by atoms with Gasteiger partial charge in [-0.15, -0.1) is 22.3 Å². The number of benzene rings is 2. The normalized spacial score (nSPS) is 12.3. The van der Waals surface area contributed by atoms with Gasteiger partial charge in [-0.1, -0.05) is 41.5 Å². The molecule has 0 N–H and O–H groups in total. The summed E-state index contributed by atoms with van der Waals surface area (Å²) >= 11 is 0. The van der Waals surface area contributed by atoms with E-state index in [-0.39, 0.29) is 43.5 Å². The fourth-order valence-electron chi connectivity index (χ4n) is 4.21. The summed E-state index contributed by atoms with van der Waals surface area (Å²) in [7, 11) is 0. The van der Waals surface area contributed by atoms with E-state index < -0.39 is 5.78 Å². The molecule has 0 bridgehead atoms. The molecule has 0 spiro atoms. The van der Waals surface area contributed by atoms with Crippen molar-refractivity contribution in [2.75, 3.05) is 0 Å². The molecule has 11 nitrogen and oxygen atoms in total. The second kappa shape index (κ2) is 9.83. The van der Waals surface area contributed by atoms with E-state index in [9.17, 15) is 4.79 Å². The van der Waals surface area contributed by atoms with Crippen LogP contribution in [0.15, 0.2) is 33.1 Å². The Morgan fingerprint density at radius 1 is 0.707 bits per heavy atom. The first-order valence-electron chi connectivity index (χ1n) is 12.9.